The van der Waals surface area contributed by atoms with Crippen molar-refractivity contribution in [2.45, 2.75) is 6.04 Å². The summed E-state index contributed by atoms with van der Waals surface area (Å²) in [5.41, 5.74) is 6.52. The van der Waals surface area contributed by atoms with Crippen molar-refractivity contribution in [3.8, 4) is 11.5 Å². The maximum atomic E-state index is 14.0. The van der Waals surface area contributed by atoms with Crippen LogP contribution in [-0.2, 0) is 0 Å². The number of hydrogen-bond donors (Lipinski definition) is 1. The van der Waals surface area contributed by atoms with Crippen LogP contribution in [0.3, 0.4) is 0 Å². The molecule has 6 heteroatoms. The van der Waals surface area contributed by atoms with Gasteiger partial charge in [-0.3, -0.25) is 0 Å². The quantitative estimate of drug-likeness (QED) is 0.876. The molecule has 112 valence electrons. The van der Waals surface area contributed by atoms with Crippen molar-refractivity contribution in [1.29, 1.82) is 0 Å². The number of methoxy groups -OCH3 is 2. The van der Waals surface area contributed by atoms with E-state index in [4.69, 9.17) is 26.8 Å². The Morgan fingerprint density at radius 2 is 1.71 bits per heavy atom. The number of nitrogens with two attached hydrogens (primary N) is 1. The van der Waals surface area contributed by atoms with Gasteiger partial charge in [0.15, 0.2) is 0 Å². The predicted octanol–water partition coefficient (Wildman–Crippen LogP) is 3.68. The minimum atomic E-state index is -0.915. The molecule has 1 unspecified atom stereocenters. The number of rotatable bonds is 4. The number of benzene rings is 2. The summed E-state index contributed by atoms with van der Waals surface area (Å²) in [7, 11) is 2.97. The molecule has 2 aromatic carbocycles. The zero-order valence-corrected chi connectivity index (χ0v) is 12.2. The molecule has 2 N–H and O–H groups in total. The molecule has 1 atom stereocenters. The Morgan fingerprint density at radius 1 is 1.00 bits per heavy atom. The van der Waals surface area contributed by atoms with E-state index < -0.39 is 17.7 Å². The first kappa shape index (κ1) is 15.5. The van der Waals surface area contributed by atoms with Gasteiger partial charge in [-0.05, 0) is 30.3 Å². The van der Waals surface area contributed by atoms with Crippen molar-refractivity contribution in [3.05, 3.63) is 58.1 Å². The van der Waals surface area contributed by atoms with Crippen LogP contribution in [0, 0.1) is 11.6 Å². The molecule has 0 saturated carbocycles. The van der Waals surface area contributed by atoms with Gasteiger partial charge >= 0.3 is 0 Å². The van der Waals surface area contributed by atoms with Gasteiger partial charge in [-0.15, -0.1) is 0 Å². The zero-order chi connectivity index (χ0) is 15.6. The van der Waals surface area contributed by atoms with E-state index in [1.54, 1.807) is 18.2 Å². The fourth-order valence-electron chi connectivity index (χ4n) is 2.03. The minimum absolute atomic E-state index is 0.0107. The van der Waals surface area contributed by atoms with E-state index in [1.807, 2.05) is 0 Å². The van der Waals surface area contributed by atoms with Gasteiger partial charge in [-0.2, -0.15) is 0 Å². The van der Waals surface area contributed by atoms with Crippen molar-refractivity contribution in [2.24, 2.45) is 5.73 Å². The van der Waals surface area contributed by atoms with Gasteiger partial charge < -0.3 is 15.2 Å². The Labute approximate surface area is 126 Å². The predicted molar refractivity (Wildman–Crippen MR) is 76.9 cm³/mol. The maximum Gasteiger partial charge on any atom is 0.142 e. The smallest absolute Gasteiger partial charge is 0.142 e. The lowest BCUT2D eigenvalue weighted by atomic mass is 9.97. The lowest BCUT2D eigenvalue weighted by Gasteiger charge is -2.18. The molecule has 0 radical (unpaired) electrons. The van der Waals surface area contributed by atoms with Crippen LogP contribution in [0.2, 0.25) is 5.02 Å². The van der Waals surface area contributed by atoms with E-state index >= 15 is 0 Å². The standard InChI is InChI=1S/C15H14ClF2NO2/c1-20-8-3-4-14(21-2)10(5-8)15(19)9-6-13(18)11(16)7-12(9)17/h3-7,15H,19H2,1-2H3. The highest BCUT2D eigenvalue weighted by atomic mass is 35.5. The second-order valence-electron chi connectivity index (χ2n) is 4.37. The molecular formula is C15H14ClF2NO2. The largest absolute Gasteiger partial charge is 0.497 e. The second kappa shape index (κ2) is 6.28. The van der Waals surface area contributed by atoms with E-state index in [2.05, 4.69) is 0 Å². The molecule has 0 spiro atoms. The molecule has 0 aliphatic carbocycles. The molecule has 0 aliphatic rings. The van der Waals surface area contributed by atoms with Gasteiger partial charge in [-0.1, -0.05) is 11.6 Å². The summed E-state index contributed by atoms with van der Waals surface area (Å²) in [6.07, 6.45) is 0. The van der Waals surface area contributed by atoms with Crippen LogP contribution in [0.5, 0.6) is 11.5 Å². The summed E-state index contributed by atoms with van der Waals surface area (Å²) in [6.45, 7) is 0. The Morgan fingerprint density at radius 3 is 2.33 bits per heavy atom. The third-order valence-electron chi connectivity index (χ3n) is 3.15. The fraction of sp³-hybridized carbons (Fsp3) is 0.200. The average molecular weight is 314 g/mol. The van der Waals surface area contributed by atoms with Gasteiger partial charge in [0.05, 0.1) is 25.3 Å². The van der Waals surface area contributed by atoms with Crippen molar-refractivity contribution >= 4 is 11.6 Å². The molecule has 21 heavy (non-hydrogen) atoms. The van der Waals surface area contributed by atoms with E-state index in [0.29, 0.717) is 17.1 Å². The van der Waals surface area contributed by atoms with Gasteiger partial charge in [0.1, 0.15) is 23.1 Å². The Hall–Kier alpha value is -1.85. The molecule has 0 amide bonds. The van der Waals surface area contributed by atoms with E-state index in [0.717, 1.165) is 12.1 Å². The van der Waals surface area contributed by atoms with Crippen molar-refractivity contribution in [3.63, 3.8) is 0 Å². The molecule has 3 nitrogen and oxygen atoms in total. The summed E-state index contributed by atoms with van der Waals surface area (Å²) in [6, 6.07) is 5.93. The van der Waals surface area contributed by atoms with Crippen molar-refractivity contribution in [1.82, 2.24) is 0 Å². The van der Waals surface area contributed by atoms with Crippen LogP contribution >= 0.6 is 11.6 Å². The van der Waals surface area contributed by atoms with Gasteiger partial charge in [0.2, 0.25) is 0 Å². The van der Waals surface area contributed by atoms with Crippen LogP contribution in [0.4, 0.5) is 8.78 Å². The lowest BCUT2D eigenvalue weighted by molar-refractivity contribution is 0.396. The molecule has 0 aliphatic heterocycles. The van der Waals surface area contributed by atoms with E-state index in [-0.39, 0.29) is 10.6 Å². The van der Waals surface area contributed by atoms with Gasteiger partial charge in [-0.25, -0.2) is 8.78 Å². The van der Waals surface area contributed by atoms with Gasteiger partial charge in [0.25, 0.3) is 0 Å². The normalized spacial score (nSPS) is 12.1. The number of hydrogen-bond acceptors (Lipinski definition) is 3. The molecule has 0 fully saturated rings. The molecule has 0 aromatic heterocycles. The third kappa shape index (κ3) is 3.09. The topological polar surface area (TPSA) is 44.5 Å². The Balaban J connectivity index is 2.53. The summed E-state index contributed by atoms with van der Waals surface area (Å²) in [5, 5.41) is -0.291. The highest BCUT2D eigenvalue weighted by Crippen LogP contribution is 2.33. The fourth-order valence-corrected chi connectivity index (χ4v) is 2.18. The monoisotopic (exact) mass is 313 g/mol. The van der Waals surface area contributed by atoms with Crippen LogP contribution in [-0.4, -0.2) is 14.2 Å². The lowest BCUT2D eigenvalue weighted by Crippen LogP contribution is -2.15. The van der Waals surface area contributed by atoms with Crippen molar-refractivity contribution in [2.75, 3.05) is 14.2 Å². The molecule has 0 bridgehead atoms. The first-order valence-corrected chi connectivity index (χ1v) is 6.47. The van der Waals surface area contributed by atoms with Crippen LogP contribution in [0.15, 0.2) is 30.3 Å². The summed E-state index contributed by atoms with van der Waals surface area (Å²) >= 11 is 5.54. The molecule has 2 rings (SSSR count). The molecule has 0 heterocycles. The Kier molecular flexibility index (Phi) is 4.65. The third-order valence-corrected chi connectivity index (χ3v) is 3.44. The SMILES string of the molecule is COc1ccc(OC)c(C(N)c2cc(F)c(Cl)cc2F)c1. The van der Waals surface area contributed by atoms with Crippen molar-refractivity contribution < 1.29 is 18.3 Å². The summed E-state index contributed by atoms with van der Waals surface area (Å²) in [4.78, 5) is 0. The van der Waals surface area contributed by atoms with Crippen LogP contribution in [0.1, 0.15) is 17.2 Å². The van der Waals surface area contributed by atoms with E-state index in [9.17, 15) is 8.78 Å². The van der Waals surface area contributed by atoms with Gasteiger partial charge in [0, 0.05) is 11.1 Å². The number of halogens is 3. The summed E-state index contributed by atoms with van der Waals surface area (Å²) in [5.74, 6) is -0.418. The zero-order valence-electron chi connectivity index (χ0n) is 11.5. The molecule has 0 saturated heterocycles. The highest BCUT2D eigenvalue weighted by Gasteiger charge is 2.20. The molecular weight excluding hydrogens is 300 g/mol. The second-order valence-corrected chi connectivity index (χ2v) is 4.78. The summed E-state index contributed by atoms with van der Waals surface area (Å²) < 4.78 is 37.9. The Bertz CT molecular complexity index is 664. The average Bonchev–Trinajstić information content (AvgIpc) is 2.49. The number of ether oxygens (including phenoxy) is 2. The van der Waals surface area contributed by atoms with Crippen LogP contribution < -0.4 is 15.2 Å². The first-order chi connectivity index (χ1) is 9.97. The minimum Gasteiger partial charge on any atom is -0.497 e. The maximum absolute atomic E-state index is 14.0. The highest BCUT2D eigenvalue weighted by molar-refractivity contribution is 6.30. The van der Waals surface area contributed by atoms with Crippen LogP contribution in [0.25, 0.3) is 0 Å². The first-order valence-electron chi connectivity index (χ1n) is 6.10. The molecule has 2 aromatic rings. The van der Waals surface area contributed by atoms with E-state index in [1.165, 1.54) is 14.2 Å².